The molecule has 0 amide bonds. The van der Waals surface area contributed by atoms with Crippen LogP contribution in [0.15, 0.2) is 23.1 Å². The average Bonchev–Trinajstić information content (AvgIpc) is 2.45. The molecule has 0 saturated carbocycles. The first-order chi connectivity index (χ1) is 11.0. The van der Waals surface area contributed by atoms with Gasteiger partial charge < -0.3 is 4.74 Å². The van der Waals surface area contributed by atoms with Crippen molar-refractivity contribution in [1.82, 2.24) is 4.72 Å². The zero-order chi connectivity index (χ0) is 18.5. The van der Waals surface area contributed by atoms with Crippen LogP contribution in [0.3, 0.4) is 0 Å². The minimum Gasteiger partial charge on any atom is -0.466 e. The molecule has 24 heavy (non-hydrogen) atoms. The lowest BCUT2D eigenvalue weighted by Crippen LogP contribution is -2.35. The van der Waals surface area contributed by atoms with Crippen LogP contribution in [0.4, 0.5) is 10.1 Å². The largest absolute Gasteiger partial charge is 0.466 e. The van der Waals surface area contributed by atoms with Crippen LogP contribution in [-0.4, -0.2) is 32.5 Å². The van der Waals surface area contributed by atoms with E-state index in [1.165, 1.54) is 0 Å². The van der Waals surface area contributed by atoms with Gasteiger partial charge in [0.15, 0.2) is 0 Å². The molecule has 8 nitrogen and oxygen atoms in total. The Kier molecular flexibility index (Phi) is 6.38. The Morgan fingerprint density at radius 2 is 2.04 bits per heavy atom. The number of sulfonamides is 1. The van der Waals surface area contributed by atoms with Crippen LogP contribution in [0, 0.1) is 21.3 Å². The third kappa shape index (κ3) is 5.53. The Bertz CT molecular complexity index is 733. The van der Waals surface area contributed by atoms with E-state index in [0.717, 1.165) is 12.1 Å². The number of ether oxygens (including phenoxy) is 1. The second kappa shape index (κ2) is 7.67. The molecule has 0 spiro atoms. The Labute approximate surface area is 139 Å². The van der Waals surface area contributed by atoms with Crippen LogP contribution < -0.4 is 4.72 Å². The molecule has 0 bridgehead atoms. The molecule has 0 unspecified atom stereocenters. The van der Waals surface area contributed by atoms with Crippen molar-refractivity contribution in [3.05, 3.63) is 34.1 Å². The topological polar surface area (TPSA) is 116 Å². The molecule has 1 aromatic carbocycles. The molecule has 0 atom stereocenters. The molecule has 0 radical (unpaired) electrons. The molecule has 1 aromatic rings. The van der Waals surface area contributed by atoms with Crippen molar-refractivity contribution >= 4 is 21.7 Å². The highest BCUT2D eigenvalue weighted by Crippen LogP contribution is 2.24. The Balaban J connectivity index is 2.89. The summed E-state index contributed by atoms with van der Waals surface area (Å²) in [5.74, 6) is -1.58. The number of nitrogens with zero attached hydrogens (tertiary/aromatic N) is 1. The summed E-state index contributed by atoms with van der Waals surface area (Å²) in [6.45, 7) is 5.12. The number of hydrogen-bond donors (Lipinski definition) is 1. The first-order valence-corrected chi connectivity index (χ1v) is 8.56. The second-order valence-electron chi connectivity index (χ2n) is 5.84. The smallest absolute Gasteiger partial charge is 0.306 e. The van der Waals surface area contributed by atoms with E-state index in [4.69, 9.17) is 4.74 Å². The van der Waals surface area contributed by atoms with Crippen molar-refractivity contribution in [1.29, 1.82) is 0 Å². The summed E-state index contributed by atoms with van der Waals surface area (Å²) in [7, 11) is -4.09. The molecular formula is C14H19FN2O6S. The van der Waals surface area contributed by atoms with Crippen LogP contribution in [0.5, 0.6) is 0 Å². The molecule has 134 valence electrons. The van der Waals surface area contributed by atoms with Crippen LogP contribution >= 0.6 is 0 Å². The molecule has 0 aliphatic carbocycles. The zero-order valence-electron chi connectivity index (χ0n) is 13.5. The number of hydrogen-bond acceptors (Lipinski definition) is 6. The number of carbonyl (C=O) groups excluding carboxylic acids is 1. The Morgan fingerprint density at radius 1 is 1.42 bits per heavy atom. The third-order valence-corrected chi connectivity index (χ3v) is 4.49. The van der Waals surface area contributed by atoms with Gasteiger partial charge in [-0.3, -0.25) is 14.9 Å². The fourth-order valence-corrected chi connectivity index (χ4v) is 3.10. The molecule has 0 aromatic heterocycles. The minimum atomic E-state index is -4.09. The maximum absolute atomic E-state index is 13.3. The van der Waals surface area contributed by atoms with Gasteiger partial charge in [0.2, 0.25) is 15.8 Å². The van der Waals surface area contributed by atoms with E-state index in [1.54, 1.807) is 20.8 Å². The van der Waals surface area contributed by atoms with E-state index in [1.807, 2.05) is 0 Å². The molecular weight excluding hydrogens is 343 g/mol. The van der Waals surface area contributed by atoms with Gasteiger partial charge in [0.05, 0.1) is 22.8 Å². The highest BCUT2D eigenvalue weighted by atomic mass is 32.2. The number of nitro benzene ring substituents is 1. The molecule has 0 heterocycles. The standard InChI is InChI=1S/C14H19FN2O6S/c1-4-23-13(18)8-14(2,3)9-16-24(21,22)10-5-6-11(15)12(7-10)17(19)20/h5-7,16H,4,8-9H2,1-3H3. The molecule has 0 saturated heterocycles. The second-order valence-corrected chi connectivity index (χ2v) is 7.61. The average molecular weight is 362 g/mol. The monoisotopic (exact) mass is 362 g/mol. The maximum Gasteiger partial charge on any atom is 0.306 e. The molecule has 0 aliphatic rings. The van der Waals surface area contributed by atoms with Crippen LogP contribution in [-0.2, 0) is 19.6 Å². The van der Waals surface area contributed by atoms with Gasteiger partial charge in [-0.2, -0.15) is 4.39 Å². The lowest BCUT2D eigenvalue weighted by molar-refractivity contribution is -0.387. The summed E-state index contributed by atoms with van der Waals surface area (Å²) >= 11 is 0. The first kappa shape index (κ1) is 20.0. The molecule has 1 rings (SSSR count). The fourth-order valence-electron chi connectivity index (χ4n) is 1.84. The van der Waals surface area contributed by atoms with Crippen molar-refractivity contribution in [3.63, 3.8) is 0 Å². The number of nitrogens with one attached hydrogen (secondary N) is 1. The van der Waals surface area contributed by atoms with Crippen molar-refractivity contribution in [2.24, 2.45) is 5.41 Å². The van der Waals surface area contributed by atoms with Gasteiger partial charge in [0, 0.05) is 12.6 Å². The van der Waals surface area contributed by atoms with E-state index in [-0.39, 0.29) is 19.6 Å². The van der Waals surface area contributed by atoms with Crippen LogP contribution in [0.2, 0.25) is 0 Å². The van der Waals surface area contributed by atoms with Gasteiger partial charge in [0.25, 0.3) is 0 Å². The maximum atomic E-state index is 13.3. The zero-order valence-corrected chi connectivity index (χ0v) is 14.4. The van der Waals surface area contributed by atoms with Crippen molar-refractivity contribution in [3.8, 4) is 0 Å². The van der Waals surface area contributed by atoms with Crippen LogP contribution in [0.25, 0.3) is 0 Å². The van der Waals surface area contributed by atoms with Gasteiger partial charge >= 0.3 is 11.7 Å². The minimum absolute atomic E-state index is 0.00702. The van der Waals surface area contributed by atoms with Gasteiger partial charge in [-0.25, -0.2) is 13.1 Å². The number of benzene rings is 1. The van der Waals surface area contributed by atoms with E-state index in [9.17, 15) is 27.7 Å². The molecule has 0 aliphatic heterocycles. The van der Waals surface area contributed by atoms with Gasteiger partial charge in [-0.05, 0) is 24.5 Å². The normalized spacial score (nSPS) is 12.0. The summed E-state index contributed by atoms with van der Waals surface area (Å²) in [4.78, 5) is 20.8. The SMILES string of the molecule is CCOC(=O)CC(C)(C)CNS(=O)(=O)c1ccc(F)c([N+](=O)[O-])c1. The van der Waals surface area contributed by atoms with Crippen molar-refractivity contribution in [2.75, 3.05) is 13.2 Å². The van der Waals surface area contributed by atoms with Crippen LogP contribution in [0.1, 0.15) is 27.2 Å². The van der Waals surface area contributed by atoms with Gasteiger partial charge in [-0.15, -0.1) is 0 Å². The van der Waals surface area contributed by atoms with E-state index < -0.39 is 42.7 Å². The van der Waals surface area contributed by atoms with E-state index >= 15 is 0 Å². The number of rotatable bonds is 8. The fraction of sp³-hybridized carbons (Fsp3) is 0.500. The highest BCUT2D eigenvalue weighted by molar-refractivity contribution is 7.89. The van der Waals surface area contributed by atoms with E-state index in [2.05, 4.69) is 4.72 Å². The summed E-state index contributed by atoms with van der Waals surface area (Å²) in [5.41, 5.74) is -1.66. The Morgan fingerprint density at radius 3 is 2.58 bits per heavy atom. The van der Waals surface area contributed by atoms with Gasteiger partial charge in [0.1, 0.15) is 0 Å². The lowest BCUT2D eigenvalue weighted by Gasteiger charge is -2.23. The van der Waals surface area contributed by atoms with E-state index in [0.29, 0.717) is 6.07 Å². The lowest BCUT2D eigenvalue weighted by atomic mass is 9.90. The van der Waals surface area contributed by atoms with Crippen molar-refractivity contribution < 1.29 is 27.3 Å². The summed E-state index contributed by atoms with van der Waals surface area (Å²) in [6, 6.07) is 2.30. The van der Waals surface area contributed by atoms with Gasteiger partial charge in [-0.1, -0.05) is 13.8 Å². The summed E-state index contributed by atoms with van der Waals surface area (Å²) in [6.07, 6.45) is -0.00702. The van der Waals surface area contributed by atoms with Crippen molar-refractivity contribution in [2.45, 2.75) is 32.1 Å². The quantitative estimate of drug-likeness (QED) is 0.429. The number of halogens is 1. The molecule has 0 fully saturated rings. The first-order valence-electron chi connectivity index (χ1n) is 7.08. The third-order valence-electron chi connectivity index (χ3n) is 3.09. The predicted molar refractivity (Wildman–Crippen MR) is 83.3 cm³/mol. The number of esters is 1. The summed E-state index contributed by atoms with van der Waals surface area (Å²) < 4.78 is 44.8. The predicted octanol–water partition coefficient (Wildman–Crippen LogP) is 1.99. The number of carbonyl (C=O) groups is 1. The summed E-state index contributed by atoms with van der Waals surface area (Å²) in [5, 5.41) is 10.7. The molecule has 1 N–H and O–H groups in total. The number of nitro groups is 1. The molecule has 10 heteroatoms. The Hall–Kier alpha value is -2.07. The highest BCUT2D eigenvalue weighted by Gasteiger charge is 2.27.